The summed E-state index contributed by atoms with van der Waals surface area (Å²) in [6, 6.07) is 8.18. The van der Waals surface area contributed by atoms with E-state index in [9.17, 15) is 9.59 Å². The first-order valence-electron chi connectivity index (χ1n) is 6.79. The predicted octanol–water partition coefficient (Wildman–Crippen LogP) is 2.13. The van der Waals surface area contributed by atoms with Crippen molar-refractivity contribution in [3.8, 4) is 0 Å². The molecule has 1 aromatic carbocycles. The molecule has 20 heavy (non-hydrogen) atoms. The highest BCUT2D eigenvalue weighted by Gasteiger charge is 2.26. The summed E-state index contributed by atoms with van der Waals surface area (Å²) in [6.07, 6.45) is 0.302. The van der Waals surface area contributed by atoms with E-state index in [0.717, 1.165) is 0 Å². The van der Waals surface area contributed by atoms with Gasteiger partial charge in [0, 0.05) is 6.61 Å². The Hall–Kier alpha value is -1.88. The Morgan fingerprint density at radius 3 is 2.40 bits per heavy atom. The summed E-state index contributed by atoms with van der Waals surface area (Å²) >= 11 is 0. The Balaban J connectivity index is 2.81. The van der Waals surface area contributed by atoms with Crippen molar-refractivity contribution in [2.24, 2.45) is 0 Å². The molecule has 0 radical (unpaired) electrons. The Kier molecular flexibility index (Phi) is 6.73. The number of benzene rings is 1. The van der Waals surface area contributed by atoms with Crippen LogP contribution in [0.25, 0.3) is 0 Å². The van der Waals surface area contributed by atoms with Crippen molar-refractivity contribution in [2.75, 3.05) is 6.61 Å². The lowest BCUT2D eigenvalue weighted by atomic mass is 10.1. The van der Waals surface area contributed by atoms with Gasteiger partial charge in [-0.1, -0.05) is 43.7 Å². The average molecular weight is 279 g/mol. The molecule has 2 unspecified atom stereocenters. The molecule has 0 aromatic heterocycles. The first kappa shape index (κ1) is 16.2. The third kappa shape index (κ3) is 4.66. The number of rotatable bonds is 8. The lowest BCUT2D eigenvalue weighted by Crippen LogP contribution is -2.43. The molecule has 5 heteroatoms. The fraction of sp³-hybridized carbons (Fsp3) is 0.467. The number of carboxylic acids is 1. The molecule has 0 saturated carbocycles. The summed E-state index contributed by atoms with van der Waals surface area (Å²) in [6.45, 7) is 4.04. The quantitative estimate of drug-likeness (QED) is 0.764. The molecule has 0 spiro atoms. The second kappa shape index (κ2) is 8.32. The van der Waals surface area contributed by atoms with Crippen LogP contribution < -0.4 is 5.32 Å². The predicted molar refractivity (Wildman–Crippen MR) is 75.3 cm³/mol. The molecule has 110 valence electrons. The van der Waals surface area contributed by atoms with Crippen molar-refractivity contribution < 1.29 is 19.4 Å². The zero-order chi connectivity index (χ0) is 15.0. The topological polar surface area (TPSA) is 75.6 Å². The van der Waals surface area contributed by atoms with Crippen molar-refractivity contribution in [2.45, 2.75) is 38.8 Å². The third-order valence-corrected chi connectivity index (χ3v) is 2.87. The van der Waals surface area contributed by atoms with Crippen LogP contribution in [0.1, 0.15) is 38.4 Å². The van der Waals surface area contributed by atoms with Crippen LogP contribution in [-0.2, 0) is 14.3 Å². The summed E-state index contributed by atoms with van der Waals surface area (Å²) in [5, 5.41) is 11.6. The number of amides is 1. The largest absolute Gasteiger partial charge is 0.480 e. The minimum absolute atomic E-state index is 0.374. The number of carbonyl (C=O) groups excluding carboxylic acids is 1. The van der Waals surface area contributed by atoms with E-state index in [0.29, 0.717) is 25.0 Å². The van der Waals surface area contributed by atoms with Gasteiger partial charge in [0.1, 0.15) is 6.04 Å². The van der Waals surface area contributed by atoms with E-state index in [1.165, 1.54) is 0 Å². The van der Waals surface area contributed by atoms with Gasteiger partial charge in [0.05, 0.1) is 0 Å². The zero-order valence-electron chi connectivity index (χ0n) is 11.8. The van der Waals surface area contributed by atoms with Crippen LogP contribution >= 0.6 is 0 Å². The summed E-state index contributed by atoms with van der Waals surface area (Å²) in [4.78, 5) is 23.3. The summed E-state index contributed by atoms with van der Waals surface area (Å²) in [5.74, 6) is -1.44. The number of hydrogen-bond acceptors (Lipinski definition) is 3. The fourth-order valence-corrected chi connectivity index (χ4v) is 1.91. The minimum Gasteiger partial charge on any atom is -0.480 e. The lowest BCUT2D eigenvalue weighted by Gasteiger charge is -2.20. The van der Waals surface area contributed by atoms with Gasteiger partial charge in [0.2, 0.25) is 0 Å². The first-order valence-corrected chi connectivity index (χ1v) is 6.79. The molecule has 0 heterocycles. The van der Waals surface area contributed by atoms with E-state index in [1.807, 2.05) is 25.1 Å². The molecule has 0 saturated heterocycles. The van der Waals surface area contributed by atoms with Crippen LogP contribution in [0, 0.1) is 0 Å². The molecule has 0 aliphatic carbocycles. The van der Waals surface area contributed by atoms with Crippen LogP contribution in [0.5, 0.6) is 0 Å². The van der Waals surface area contributed by atoms with Crippen LogP contribution in [0.4, 0.5) is 0 Å². The molecule has 1 rings (SSSR count). The summed E-state index contributed by atoms with van der Waals surface area (Å²) in [7, 11) is 0. The van der Waals surface area contributed by atoms with Gasteiger partial charge in [-0.05, 0) is 18.9 Å². The van der Waals surface area contributed by atoms with Gasteiger partial charge in [0.25, 0.3) is 5.91 Å². The van der Waals surface area contributed by atoms with Gasteiger partial charge in [-0.2, -0.15) is 0 Å². The fourth-order valence-electron chi connectivity index (χ4n) is 1.91. The molecule has 1 aromatic rings. The Morgan fingerprint density at radius 2 is 1.90 bits per heavy atom. The summed E-state index contributed by atoms with van der Waals surface area (Å²) < 4.78 is 5.44. The molecule has 0 bridgehead atoms. The lowest BCUT2D eigenvalue weighted by molar-refractivity contribution is -0.144. The van der Waals surface area contributed by atoms with E-state index in [1.54, 1.807) is 19.1 Å². The van der Waals surface area contributed by atoms with Crippen molar-refractivity contribution in [1.82, 2.24) is 5.32 Å². The Labute approximate surface area is 118 Å². The number of aliphatic carboxylic acids is 1. The smallest absolute Gasteiger partial charge is 0.326 e. The third-order valence-electron chi connectivity index (χ3n) is 2.87. The number of hydrogen-bond donors (Lipinski definition) is 2. The minimum atomic E-state index is -1.02. The molecular weight excluding hydrogens is 258 g/mol. The molecular formula is C15H21NO4. The normalized spacial score (nSPS) is 13.5. The van der Waals surface area contributed by atoms with Crippen molar-refractivity contribution in [3.05, 3.63) is 35.9 Å². The monoisotopic (exact) mass is 279 g/mol. The molecule has 5 nitrogen and oxygen atoms in total. The molecule has 0 aliphatic rings. The molecule has 1 amide bonds. The van der Waals surface area contributed by atoms with E-state index in [2.05, 4.69) is 5.32 Å². The molecule has 0 aliphatic heterocycles. The maximum atomic E-state index is 12.2. The van der Waals surface area contributed by atoms with Gasteiger partial charge in [0.15, 0.2) is 6.10 Å². The highest BCUT2D eigenvalue weighted by atomic mass is 16.5. The van der Waals surface area contributed by atoms with Gasteiger partial charge in [-0.25, -0.2) is 4.79 Å². The van der Waals surface area contributed by atoms with Crippen LogP contribution in [0.15, 0.2) is 30.3 Å². The van der Waals surface area contributed by atoms with E-state index < -0.39 is 24.0 Å². The zero-order valence-corrected chi connectivity index (χ0v) is 11.8. The second-order valence-electron chi connectivity index (χ2n) is 4.43. The van der Waals surface area contributed by atoms with E-state index in [-0.39, 0.29) is 0 Å². The number of carboxylic acid groups (broad SMARTS) is 1. The van der Waals surface area contributed by atoms with E-state index in [4.69, 9.17) is 9.84 Å². The van der Waals surface area contributed by atoms with Gasteiger partial charge >= 0.3 is 5.97 Å². The number of ether oxygens (including phenoxy) is 1. The maximum Gasteiger partial charge on any atom is 0.326 e. The van der Waals surface area contributed by atoms with Crippen molar-refractivity contribution >= 4 is 11.9 Å². The van der Waals surface area contributed by atoms with Crippen LogP contribution in [0.2, 0.25) is 0 Å². The van der Waals surface area contributed by atoms with Gasteiger partial charge in [-0.15, -0.1) is 0 Å². The van der Waals surface area contributed by atoms with E-state index >= 15 is 0 Å². The number of carbonyl (C=O) groups is 2. The molecule has 2 N–H and O–H groups in total. The van der Waals surface area contributed by atoms with Gasteiger partial charge < -0.3 is 15.2 Å². The van der Waals surface area contributed by atoms with Crippen molar-refractivity contribution in [1.29, 1.82) is 0 Å². The maximum absolute atomic E-state index is 12.2. The standard InChI is InChI=1S/C15H21NO4/c1-3-8-12(15(18)19)16-14(17)13(20-4-2)11-9-6-5-7-10-11/h5-7,9-10,12-13H,3-4,8H2,1-2H3,(H,16,17)(H,18,19). The SMILES string of the molecule is CCCC(NC(=O)C(OCC)c1ccccc1)C(=O)O. The average Bonchev–Trinajstić information content (AvgIpc) is 2.45. The molecule has 2 atom stereocenters. The summed E-state index contributed by atoms with van der Waals surface area (Å²) in [5.41, 5.74) is 0.715. The van der Waals surface area contributed by atoms with Crippen LogP contribution in [0.3, 0.4) is 0 Å². The Morgan fingerprint density at radius 1 is 1.25 bits per heavy atom. The highest BCUT2D eigenvalue weighted by Crippen LogP contribution is 2.17. The van der Waals surface area contributed by atoms with Gasteiger partial charge in [-0.3, -0.25) is 4.79 Å². The second-order valence-corrected chi connectivity index (χ2v) is 4.43. The Bertz CT molecular complexity index is 433. The highest BCUT2D eigenvalue weighted by molar-refractivity contribution is 5.87. The molecule has 0 fully saturated rings. The first-order chi connectivity index (χ1) is 9.60. The van der Waals surface area contributed by atoms with Crippen LogP contribution in [-0.4, -0.2) is 29.6 Å². The number of nitrogens with one attached hydrogen (secondary N) is 1. The van der Waals surface area contributed by atoms with Crippen molar-refractivity contribution in [3.63, 3.8) is 0 Å².